The number of rotatable bonds is 5. The van der Waals surface area contributed by atoms with Crippen LogP contribution in [0.25, 0.3) is 0 Å². The molecule has 0 aromatic rings. The number of nitrogens with one attached hydrogen (secondary N) is 1. The van der Waals surface area contributed by atoms with Gasteiger partial charge < -0.3 is 10.2 Å². The fourth-order valence-corrected chi connectivity index (χ4v) is 4.20. The molecule has 2 heteroatoms. The highest BCUT2D eigenvalue weighted by Gasteiger charge is 2.31. The maximum atomic E-state index is 3.68. The van der Waals surface area contributed by atoms with Crippen LogP contribution in [0.2, 0.25) is 0 Å². The van der Waals surface area contributed by atoms with E-state index in [-0.39, 0.29) is 0 Å². The predicted octanol–water partition coefficient (Wildman–Crippen LogP) is 3.95. The first-order chi connectivity index (χ1) is 9.29. The molecule has 2 fully saturated rings. The van der Waals surface area contributed by atoms with Gasteiger partial charge in [-0.05, 0) is 52.1 Å². The van der Waals surface area contributed by atoms with Crippen LogP contribution in [0.3, 0.4) is 0 Å². The molecule has 0 aromatic heterocycles. The van der Waals surface area contributed by atoms with Gasteiger partial charge in [-0.25, -0.2) is 0 Å². The van der Waals surface area contributed by atoms with Crippen molar-refractivity contribution in [2.45, 2.75) is 89.1 Å². The summed E-state index contributed by atoms with van der Waals surface area (Å²) in [4.78, 5) is 2.81. The molecule has 2 aliphatic rings. The quantitative estimate of drug-likeness (QED) is 0.810. The predicted molar refractivity (Wildman–Crippen MR) is 83.6 cm³/mol. The molecule has 1 aliphatic carbocycles. The van der Waals surface area contributed by atoms with Gasteiger partial charge in [0.05, 0.1) is 0 Å². The van der Waals surface area contributed by atoms with E-state index in [0.29, 0.717) is 5.54 Å². The van der Waals surface area contributed by atoms with Crippen molar-refractivity contribution in [2.75, 3.05) is 20.1 Å². The van der Waals surface area contributed by atoms with Crippen LogP contribution in [0.1, 0.15) is 77.6 Å². The second-order valence-electron chi connectivity index (χ2n) is 6.79. The van der Waals surface area contributed by atoms with Crippen molar-refractivity contribution < 1.29 is 0 Å². The lowest BCUT2D eigenvalue weighted by Crippen LogP contribution is -2.48. The van der Waals surface area contributed by atoms with Gasteiger partial charge in [0.1, 0.15) is 0 Å². The summed E-state index contributed by atoms with van der Waals surface area (Å²) in [5, 5.41) is 3.68. The van der Waals surface area contributed by atoms with Crippen LogP contribution in [-0.4, -0.2) is 36.6 Å². The summed E-state index contributed by atoms with van der Waals surface area (Å²) in [6.07, 6.45) is 15.6. The van der Waals surface area contributed by atoms with Gasteiger partial charge in [-0.2, -0.15) is 0 Å². The number of hydrogen-bond donors (Lipinski definition) is 1. The Bertz CT molecular complexity index is 246. The van der Waals surface area contributed by atoms with Crippen molar-refractivity contribution in [1.29, 1.82) is 0 Å². The van der Waals surface area contributed by atoms with E-state index in [1.165, 1.54) is 83.7 Å². The summed E-state index contributed by atoms with van der Waals surface area (Å²) < 4.78 is 0. The van der Waals surface area contributed by atoms with Crippen LogP contribution in [0.4, 0.5) is 0 Å². The molecule has 2 nitrogen and oxygen atoms in total. The molecule has 1 N–H and O–H groups in total. The SMILES string of the molecule is CCC1CCCCCN1CCC1(NC)CCCCC1. The first kappa shape index (κ1) is 15.3. The van der Waals surface area contributed by atoms with E-state index in [0.717, 1.165) is 6.04 Å². The summed E-state index contributed by atoms with van der Waals surface area (Å²) in [5.74, 6) is 0. The molecule has 1 unspecified atom stereocenters. The van der Waals surface area contributed by atoms with Crippen LogP contribution in [0.15, 0.2) is 0 Å². The lowest BCUT2D eigenvalue weighted by Gasteiger charge is -2.40. The minimum absolute atomic E-state index is 0.461. The third-order valence-electron chi connectivity index (χ3n) is 5.69. The van der Waals surface area contributed by atoms with Crippen molar-refractivity contribution in [2.24, 2.45) is 0 Å². The maximum absolute atomic E-state index is 3.68. The Balaban J connectivity index is 1.87. The van der Waals surface area contributed by atoms with Crippen LogP contribution < -0.4 is 5.32 Å². The summed E-state index contributed by atoms with van der Waals surface area (Å²) in [6.45, 7) is 5.04. The van der Waals surface area contributed by atoms with Crippen LogP contribution in [0, 0.1) is 0 Å². The normalized spacial score (nSPS) is 29.1. The highest BCUT2D eigenvalue weighted by molar-refractivity contribution is 4.91. The Hall–Kier alpha value is -0.0800. The van der Waals surface area contributed by atoms with Gasteiger partial charge in [0.2, 0.25) is 0 Å². The lowest BCUT2D eigenvalue weighted by molar-refractivity contribution is 0.147. The molecule has 1 saturated carbocycles. The minimum atomic E-state index is 0.461. The molecule has 19 heavy (non-hydrogen) atoms. The third kappa shape index (κ3) is 4.19. The molecular formula is C17H34N2. The van der Waals surface area contributed by atoms with Crippen LogP contribution in [0.5, 0.6) is 0 Å². The van der Waals surface area contributed by atoms with Gasteiger partial charge in [0.25, 0.3) is 0 Å². The van der Waals surface area contributed by atoms with Gasteiger partial charge in [-0.1, -0.05) is 39.0 Å². The first-order valence-electron chi connectivity index (χ1n) is 8.72. The zero-order valence-corrected chi connectivity index (χ0v) is 13.2. The van der Waals surface area contributed by atoms with Crippen molar-refractivity contribution >= 4 is 0 Å². The second kappa shape index (κ2) is 7.64. The number of nitrogens with zero attached hydrogens (tertiary/aromatic N) is 1. The highest BCUT2D eigenvalue weighted by Crippen LogP contribution is 2.31. The van der Waals surface area contributed by atoms with E-state index in [4.69, 9.17) is 0 Å². The molecule has 0 aromatic carbocycles. The summed E-state index contributed by atoms with van der Waals surface area (Å²) in [7, 11) is 2.19. The van der Waals surface area contributed by atoms with Crippen molar-refractivity contribution in [3.63, 3.8) is 0 Å². The molecule has 1 saturated heterocycles. The van der Waals surface area contributed by atoms with Gasteiger partial charge in [-0.3, -0.25) is 0 Å². The van der Waals surface area contributed by atoms with Crippen LogP contribution in [-0.2, 0) is 0 Å². The lowest BCUT2D eigenvalue weighted by atomic mass is 9.79. The molecule has 1 atom stereocenters. The second-order valence-corrected chi connectivity index (χ2v) is 6.79. The average molecular weight is 266 g/mol. The fourth-order valence-electron chi connectivity index (χ4n) is 4.20. The van der Waals surface area contributed by atoms with Crippen molar-refractivity contribution in [1.82, 2.24) is 10.2 Å². The first-order valence-corrected chi connectivity index (χ1v) is 8.72. The minimum Gasteiger partial charge on any atom is -0.314 e. The van der Waals surface area contributed by atoms with Crippen LogP contribution >= 0.6 is 0 Å². The Morgan fingerprint density at radius 2 is 1.79 bits per heavy atom. The van der Waals surface area contributed by atoms with Gasteiger partial charge in [-0.15, -0.1) is 0 Å². The maximum Gasteiger partial charge on any atom is 0.0190 e. The van der Waals surface area contributed by atoms with E-state index < -0.39 is 0 Å². The van der Waals surface area contributed by atoms with Crippen molar-refractivity contribution in [3.8, 4) is 0 Å². The molecular weight excluding hydrogens is 232 g/mol. The standard InChI is InChI=1S/C17H34N2/c1-3-16-10-6-4-9-14-19(16)15-13-17(18-2)11-7-5-8-12-17/h16,18H,3-15H2,1-2H3. The molecule has 0 spiro atoms. The van der Waals surface area contributed by atoms with E-state index in [1.807, 2.05) is 0 Å². The van der Waals surface area contributed by atoms with E-state index in [9.17, 15) is 0 Å². The smallest absolute Gasteiger partial charge is 0.0190 e. The average Bonchev–Trinajstić information content (AvgIpc) is 2.71. The molecule has 0 radical (unpaired) electrons. The Labute approximate surface area is 120 Å². The van der Waals surface area contributed by atoms with E-state index in [2.05, 4.69) is 24.2 Å². The fraction of sp³-hybridized carbons (Fsp3) is 1.00. The van der Waals surface area contributed by atoms with E-state index >= 15 is 0 Å². The zero-order chi connectivity index (χ0) is 13.6. The van der Waals surface area contributed by atoms with Crippen molar-refractivity contribution in [3.05, 3.63) is 0 Å². The molecule has 0 bridgehead atoms. The Kier molecular flexibility index (Phi) is 6.15. The summed E-state index contributed by atoms with van der Waals surface area (Å²) in [6, 6.07) is 0.861. The topological polar surface area (TPSA) is 15.3 Å². The summed E-state index contributed by atoms with van der Waals surface area (Å²) in [5.41, 5.74) is 0.461. The Morgan fingerprint density at radius 3 is 2.47 bits per heavy atom. The summed E-state index contributed by atoms with van der Waals surface area (Å²) >= 11 is 0. The molecule has 0 amide bonds. The molecule has 1 aliphatic heterocycles. The largest absolute Gasteiger partial charge is 0.314 e. The zero-order valence-electron chi connectivity index (χ0n) is 13.2. The Morgan fingerprint density at radius 1 is 1.05 bits per heavy atom. The van der Waals surface area contributed by atoms with Gasteiger partial charge in [0, 0.05) is 18.1 Å². The van der Waals surface area contributed by atoms with Gasteiger partial charge in [0.15, 0.2) is 0 Å². The number of hydrogen-bond acceptors (Lipinski definition) is 2. The number of likely N-dealkylation sites (tertiary alicyclic amines) is 1. The molecule has 112 valence electrons. The third-order valence-corrected chi connectivity index (χ3v) is 5.69. The molecule has 1 heterocycles. The highest BCUT2D eigenvalue weighted by atomic mass is 15.2. The van der Waals surface area contributed by atoms with Gasteiger partial charge >= 0.3 is 0 Å². The monoisotopic (exact) mass is 266 g/mol. The van der Waals surface area contributed by atoms with E-state index in [1.54, 1.807) is 0 Å². The molecule has 2 rings (SSSR count).